The Hall–Kier alpha value is -4.05. The number of hydrogen-bond acceptors (Lipinski definition) is 6. The predicted molar refractivity (Wildman–Crippen MR) is 164 cm³/mol. The molecule has 0 bridgehead atoms. The van der Waals surface area contributed by atoms with E-state index < -0.39 is 34.1 Å². The summed E-state index contributed by atoms with van der Waals surface area (Å²) in [5.41, 5.74) is 1.21. The van der Waals surface area contributed by atoms with Gasteiger partial charge in [0.05, 0.1) is 24.8 Å². The van der Waals surface area contributed by atoms with Crippen molar-refractivity contribution < 1.29 is 27.5 Å². The minimum Gasteiger partial charge on any atom is -0.497 e. The second-order valence-corrected chi connectivity index (χ2v) is 12.9. The minimum absolute atomic E-state index is 0.0261. The maximum absolute atomic E-state index is 14.3. The van der Waals surface area contributed by atoms with Crippen molar-refractivity contribution in [3.8, 4) is 11.5 Å². The molecule has 0 aromatic heterocycles. The number of nitrogens with one attached hydrogen (secondary N) is 1. The number of anilines is 1. The van der Waals surface area contributed by atoms with Gasteiger partial charge in [-0.05, 0) is 81.6 Å². The maximum Gasteiger partial charge on any atom is 0.264 e. The van der Waals surface area contributed by atoms with Crippen LogP contribution in [0.3, 0.4) is 0 Å². The minimum atomic E-state index is -4.21. The van der Waals surface area contributed by atoms with E-state index in [0.29, 0.717) is 17.9 Å². The van der Waals surface area contributed by atoms with E-state index in [1.54, 1.807) is 61.7 Å². The van der Waals surface area contributed by atoms with Gasteiger partial charge >= 0.3 is 0 Å². The van der Waals surface area contributed by atoms with Gasteiger partial charge in [-0.25, -0.2) is 8.42 Å². The van der Waals surface area contributed by atoms with Crippen LogP contribution >= 0.6 is 0 Å². The van der Waals surface area contributed by atoms with Crippen LogP contribution in [0.5, 0.6) is 11.5 Å². The number of benzene rings is 3. The van der Waals surface area contributed by atoms with Crippen LogP contribution in [-0.2, 0) is 26.2 Å². The Balaban J connectivity index is 2.14. The van der Waals surface area contributed by atoms with Crippen LogP contribution in [0.4, 0.5) is 5.69 Å². The zero-order chi connectivity index (χ0) is 31.1. The molecule has 3 aromatic rings. The summed E-state index contributed by atoms with van der Waals surface area (Å²) >= 11 is 0. The fraction of sp³-hybridized carbons (Fsp3) is 0.375. The van der Waals surface area contributed by atoms with E-state index >= 15 is 0 Å². The summed E-state index contributed by atoms with van der Waals surface area (Å²) in [6.07, 6.45) is 0.316. The molecule has 226 valence electrons. The Morgan fingerprint density at radius 2 is 1.62 bits per heavy atom. The molecule has 9 nitrogen and oxygen atoms in total. The highest BCUT2D eigenvalue weighted by molar-refractivity contribution is 7.92. The number of carbonyl (C=O) groups excluding carboxylic acids is 2. The Labute approximate surface area is 249 Å². The van der Waals surface area contributed by atoms with Crippen LogP contribution in [0.25, 0.3) is 0 Å². The molecule has 0 heterocycles. The quantitative estimate of drug-likeness (QED) is 0.318. The van der Waals surface area contributed by atoms with E-state index in [1.165, 1.54) is 24.1 Å². The standard InChI is InChI=1S/C32H41N3O6S/c1-8-27(31(37)33-32(3,4)5)34(21-24-13-12-14-25(20-24)40-6)30(36)22-35(28-19-23(2)17-18-29(28)41-7)42(38,39)26-15-10-9-11-16-26/h9-20,27H,8,21-22H2,1-7H3,(H,33,37)/t27-/m1/s1. The van der Waals surface area contributed by atoms with Gasteiger partial charge in [0.1, 0.15) is 24.1 Å². The first-order chi connectivity index (χ1) is 19.8. The molecule has 2 amide bonds. The van der Waals surface area contributed by atoms with E-state index in [-0.39, 0.29) is 23.0 Å². The van der Waals surface area contributed by atoms with Gasteiger partial charge in [0.2, 0.25) is 11.8 Å². The highest BCUT2D eigenvalue weighted by Gasteiger charge is 2.35. The van der Waals surface area contributed by atoms with Gasteiger partial charge < -0.3 is 19.7 Å². The summed E-state index contributed by atoms with van der Waals surface area (Å²) in [6.45, 7) is 8.76. The molecule has 0 fully saturated rings. The van der Waals surface area contributed by atoms with Crippen LogP contribution < -0.4 is 19.1 Å². The van der Waals surface area contributed by atoms with E-state index in [1.807, 2.05) is 40.7 Å². The number of carbonyl (C=O) groups is 2. The van der Waals surface area contributed by atoms with Crippen LogP contribution in [0.2, 0.25) is 0 Å². The summed E-state index contributed by atoms with van der Waals surface area (Å²) in [5.74, 6) is 0.0262. The van der Waals surface area contributed by atoms with Crippen molar-refractivity contribution in [2.45, 2.75) is 64.1 Å². The van der Waals surface area contributed by atoms with Crippen molar-refractivity contribution in [1.29, 1.82) is 0 Å². The summed E-state index contributed by atoms with van der Waals surface area (Å²) < 4.78 is 40.1. The van der Waals surface area contributed by atoms with E-state index in [4.69, 9.17) is 9.47 Å². The topological polar surface area (TPSA) is 105 Å². The molecule has 3 aromatic carbocycles. The Morgan fingerprint density at radius 3 is 2.21 bits per heavy atom. The fourth-order valence-electron chi connectivity index (χ4n) is 4.57. The van der Waals surface area contributed by atoms with Crippen molar-refractivity contribution in [2.75, 3.05) is 25.1 Å². The lowest BCUT2D eigenvalue weighted by Crippen LogP contribution is -2.55. The van der Waals surface area contributed by atoms with Crippen molar-refractivity contribution in [3.05, 3.63) is 83.9 Å². The van der Waals surface area contributed by atoms with Gasteiger partial charge in [-0.3, -0.25) is 13.9 Å². The van der Waals surface area contributed by atoms with Gasteiger partial charge in [-0.2, -0.15) is 0 Å². The number of rotatable bonds is 12. The lowest BCUT2D eigenvalue weighted by Gasteiger charge is -2.35. The number of amides is 2. The second kappa shape index (κ2) is 13.7. The zero-order valence-electron chi connectivity index (χ0n) is 25.4. The summed E-state index contributed by atoms with van der Waals surface area (Å²) in [4.78, 5) is 29.2. The molecule has 0 radical (unpaired) electrons. The molecule has 0 unspecified atom stereocenters. The molecule has 0 aliphatic heterocycles. The number of ether oxygens (including phenoxy) is 2. The number of hydrogen-bond donors (Lipinski definition) is 1. The highest BCUT2D eigenvalue weighted by atomic mass is 32.2. The summed E-state index contributed by atoms with van der Waals surface area (Å²) in [6, 6.07) is 19.4. The fourth-order valence-corrected chi connectivity index (χ4v) is 6.01. The van der Waals surface area contributed by atoms with E-state index in [2.05, 4.69) is 5.32 Å². The number of aryl methyl sites for hydroxylation is 1. The smallest absolute Gasteiger partial charge is 0.264 e. The molecular formula is C32H41N3O6S. The second-order valence-electron chi connectivity index (χ2n) is 11.0. The summed E-state index contributed by atoms with van der Waals surface area (Å²) in [7, 11) is -1.21. The van der Waals surface area contributed by atoms with Crippen LogP contribution in [0, 0.1) is 6.92 Å². The van der Waals surface area contributed by atoms with Crippen LogP contribution in [-0.4, -0.2) is 57.5 Å². The number of methoxy groups -OCH3 is 2. The van der Waals surface area contributed by atoms with Crippen molar-refractivity contribution in [1.82, 2.24) is 10.2 Å². The molecular weight excluding hydrogens is 554 g/mol. The normalized spacial score (nSPS) is 12.3. The van der Waals surface area contributed by atoms with Gasteiger partial charge in [-0.15, -0.1) is 0 Å². The average Bonchev–Trinajstić information content (AvgIpc) is 2.95. The molecule has 0 saturated carbocycles. The first-order valence-electron chi connectivity index (χ1n) is 13.8. The highest BCUT2D eigenvalue weighted by Crippen LogP contribution is 2.34. The average molecular weight is 596 g/mol. The van der Waals surface area contributed by atoms with Crippen molar-refractivity contribution >= 4 is 27.5 Å². The molecule has 1 atom stereocenters. The largest absolute Gasteiger partial charge is 0.497 e. The van der Waals surface area contributed by atoms with Crippen molar-refractivity contribution in [3.63, 3.8) is 0 Å². The predicted octanol–water partition coefficient (Wildman–Crippen LogP) is 4.93. The third-order valence-corrected chi connectivity index (χ3v) is 8.36. The summed E-state index contributed by atoms with van der Waals surface area (Å²) in [5, 5.41) is 2.97. The van der Waals surface area contributed by atoms with Gasteiger partial charge in [-0.1, -0.05) is 43.3 Å². The molecule has 1 N–H and O–H groups in total. The Kier molecular flexibility index (Phi) is 10.6. The van der Waals surface area contributed by atoms with Gasteiger partial charge in [0.25, 0.3) is 10.0 Å². The third kappa shape index (κ3) is 8.03. The first-order valence-corrected chi connectivity index (χ1v) is 15.2. The molecule has 0 saturated heterocycles. The molecule has 42 heavy (non-hydrogen) atoms. The molecule has 0 aliphatic rings. The van der Waals surface area contributed by atoms with Crippen LogP contribution in [0.1, 0.15) is 45.2 Å². The Bertz CT molecular complexity index is 1490. The monoisotopic (exact) mass is 595 g/mol. The third-order valence-electron chi connectivity index (χ3n) is 6.58. The SMILES string of the molecule is CC[C@H](C(=O)NC(C)(C)C)N(Cc1cccc(OC)c1)C(=O)CN(c1cc(C)ccc1OC)S(=O)(=O)c1ccccc1. The van der Waals surface area contributed by atoms with Crippen LogP contribution in [0.15, 0.2) is 77.7 Å². The van der Waals surface area contributed by atoms with Gasteiger partial charge in [0.15, 0.2) is 0 Å². The first kappa shape index (κ1) is 32.5. The van der Waals surface area contributed by atoms with E-state index in [0.717, 1.165) is 15.4 Å². The zero-order valence-corrected chi connectivity index (χ0v) is 26.2. The molecule has 0 spiro atoms. The van der Waals surface area contributed by atoms with E-state index in [9.17, 15) is 18.0 Å². The molecule has 10 heteroatoms. The maximum atomic E-state index is 14.3. The lowest BCUT2D eigenvalue weighted by atomic mass is 10.1. The Morgan fingerprint density at radius 1 is 0.929 bits per heavy atom. The number of sulfonamides is 1. The lowest BCUT2D eigenvalue weighted by molar-refractivity contribution is -0.141. The molecule has 3 rings (SSSR count). The van der Waals surface area contributed by atoms with Gasteiger partial charge in [0, 0.05) is 12.1 Å². The molecule has 0 aliphatic carbocycles. The number of nitrogens with zero attached hydrogens (tertiary/aromatic N) is 2. The van der Waals surface area contributed by atoms with Crippen molar-refractivity contribution in [2.24, 2.45) is 0 Å².